The Kier molecular flexibility index (Phi) is 5.93. The normalized spacial score (nSPS) is 12.3. The Hall–Kier alpha value is -3.26. The Morgan fingerprint density at radius 2 is 1.72 bits per heavy atom. The molecule has 0 bridgehead atoms. The van der Waals surface area contributed by atoms with Crippen LogP contribution in [0.1, 0.15) is 26.5 Å². The molecule has 0 radical (unpaired) electrons. The summed E-state index contributed by atoms with van der Waals surface area (Å²) in [5.74, 6) is -1.35. The van der Waals surface area contributed by atoms with Gasteiger partial charge in [-0.25, -0.2) is 0 Å². The zero-order valence-corrected chi connectivity index (χ0v) is 15.4. The topological polar surface area (TPSA) is 71.3 Å². The van der Waals surface area contributed by atoms with E-state index in [9.17, 15) is 22.8 Å². The summed E-state index contributed by atoms with van der Waals surface area (Å²) >= 11 is 6.00. The van der Waals surface area contributed by atoms with Crippen LogP contribution in [-0.2, 0) is 6.18 Å². The molecule has 0 aliphatic heterocycles. The van der Waals surface area contributed by atoms with E-state index in [4.69, 9.17) is 16.0 Å². The third-order valence-corrected chi connectivity index (χ3v) is 4.26. The maximum absolute atomic E-state index is 13.0. The van der Waals surface area contributed by atoms with Crippen molar-refractivity contribution in [2.24, 2.45) is 0 Å². The van der Waals surface area contributed by atoms with Gasteiger partial charge in [-0.15, -0.1) is 0 Å². The SMILES string of the molecule is O=C(NC(Nc1cc(C(F)(F)F)ccc1Cl)C(=O)c1ccccc1)c1ccco1. The van der Waals surface area contributed by atoms with E-state index in [-0.39, 0.29) is 22.0 Å². The van der Waals surface area contributed by atoms with Gasteiger partial charge in [-0.3, -0.25) is 9.59 Å². The predicted octanol–water partition coefficient (Wildman–Crippen LogP) is 5.00. The summed E-state index contributed by atoms with van der Waals surface area (Å²) in [7, 11) is 0. The second kappa shape index (κ2) is 8.40. The summed E-state index contributed by atoms with van der Waals surface area (Å²) in [6, 6.07) is 13.5. The van der Waals surface area contributed by atoms with Crippen LogP contribution >= 0.6 is 11.6 Å². The third kappa shape index (κ3) is 4.97. The Morgan fingerprint density at radius 1 is 1.00 bits per heavy atom. The highest BCUT2D eigenvalue weighted by molar-refractivity contribution is 6.33. The van der Waals surface area contributed by atoms with Gasteiger partial charge in [0.1, 0.15) is 0 Å². The van der Waals surface area contributed by atoms with Crippen LogP contribution in [0.3, 0.4) is 0 Å². The fourth-order valence-electron chi connectivity index (χ4n) is 2.51. The largest absolute Gasteiger partial charge is 0.459 e. The van der Waals surface area contributed by atoms with Crippen LogP contribution < -0.4 is 10.6 Å². The molecule has 0 saturated heterocycles. The smallest absolute Gasteiger partial charge is 0.416 e. The lowest BCUT2D eigenvalue weighted by Gasteiger charge is -2.21. The van der Waals surface area contributed by atoms with E-state index in [1.165, 1.54) is 30.5 Å². The molecule has 0 aliphatic carbocycles. The monoisotopic (exact) mass is 422 g/mol. The molecule has 0 saturated carbocycles. The lowest BCUT2D eigenvalue weighted by atomic mass is 10.1. The number of benzene rings is 2. The summed E-state index contributed by atoms with van der Waals surface area (Å²) < 4.78 is 44.1. The van der Waals surface area contributed by atoms with Crippen LogP contribution in [0.4, 0.5) is 18.9 Å². The van der Waals surface area contributed by atoms with Crippen molar-refractivity contribution in [3.63, 3.8) is 0 Å². The van der Waals surface area contributed by atoms with E-state index in [0.29, 0.717) is 0 Å². The fourth-order valence-corrected chi connectivity index (χ4v) is 2.69. The maximum Gasteiger partial charge on any atom is 0.416 e. The highest BCUT2D eigenvalue weighted by Crippen LogP contribution is 2.34. The van der Waals surface area contributed by atoms with Gasteiger partial charge in [-0.2, -0.15) is 13.2 Å². The number of alkyl halides is 3. The Labute approximate surface area is 168 Å². The number of ketones is 1. The van der Waals surface area contributed by atoms with Crippen LogP contribution in [0.25, 0.3) is 0 Å². The molecule has 0 aliphatic rings. The number of amides is 1. The molecule has 1 aromatic heterocycles. The first-order valence-electron chi connectivity index (χ1n) is 8.32. The molecule has 3 aromatic rings. The van der Waals surface area contributed by atoms with E-state index in [1.54, 1.807) is 18.2 Å². The molecule has 2 aromatic carbocycles. The standard InChI is InChI=1S/C20H14ClF3N2O3/c21-14-9-8-13(20(22,23)24)11-15(14)25-18(17(27)12-5-2-1-3-6-12)26-19(28)16-7-4-10-29-16/h1-11,18,25H,(H,26,28). The molecule has 5 nitrogen and oxygen atoms in total. The molecule has 9 heteroatoms. The van der Waals surface area contributed by atoms with E-state index in [2.05, 4.69) is 10.6 Å². The molecule has 1 unspecified atom stereocenters. The average molecular weight is 423 g/mol. The number of halogens is 4. The number of nitrogens with one attached hydrogen (secondary N) is 2. The summed E-state index contributed by atoms with van der Waals surface area (Å²) in [4.78, 5) is 25.2. The van der Waals surface area contributed by atoms with Gasteiger partial charge in [0.2, 0.25) is 5.78 Å². The predicted molar refractivity (Wildman–Crippen MR) is 101 cm³/mol. The minimum absolute atomic E-state index is 0.0453. The van der Waals surface area contributed by atoms with Crippen LogP contribution in [0, 0.1) is 0 Å². The third-order valence-electron chi connectivity index (χ3n) is 3.93. The van der Waals surface area contributed by atoms with E-state index < -0.39 is 29.6 Å². The van der Waals surface area contributed by atoms with Gasteiger partial charge in [0.15, 0.2) is 11.9 Å². The number of hydrogen-bond donors (Lipinski definition) is 2. The Morgan fingerprint density at radius 3 is 2.34 bits per heavy atom. The highest BCUT2D eigenvalue weighted by Gasteiger charge is 2.32. The lowest BCUT2D eigenvalue weighted by Crippen LogP contribution is -2.46. The van der Waals surface area contributed by atoms with Crippen LogP contribution in [0.15, 0.2) is 71.3 Å². The zero-order valence-electron chi connectivity index (χ0n) is 14.7. The molecule has 0 spiro atoms. The van der Waals surface area contributed by atoms with Gasteiger partial charge >= 0.3 is 6.18 Å². The summed E-state index contributed by atoms with van der Waals surface area (Å²) in [6.07, 6.45) is -4.71. The molecule has 1 atom stereocenters. The zero-order chi connectivity index (χ0) is 21.0. The van der Waals surface area contributed by atoms with Gasteiger partial charge in [0.25, 0.3) is 5.91 Å². The Balaban J connectivity index is 1.93. The van der Waals surface area contributed by atoms with Crippen LogP contribution in [-0.4, -0.2) is 17.9 Å². The molecule has 1 heterocycles. The summed E-state index contributed by atoms with van der Waals surface area (Å²) in [6.45, 7) is 0. The minimum Gasteiger partial charge on any atom is -0.459 e. The molecule has 0 fully saturated rings. The van der Waals surface area contributed by atoms with Gasteiger partial charge < -0.3 is 15.1 Å². The number of carbonyl (C=O) groups is 2. The van der Waals surface area contributed by atoms with Crippen molar-refractivity contribution in [3.8, 4) is 0 Å². The van der Waals surface area contributed by atoms with Gasteiger partial charge in [-0.1, -0.05) is 41.9 Å². The van der Waals surface area contributed by atoms with Crippen molar-refractivity contribution in [2.75, 3.05) is 5.32 Å². The minimum atomic E-state index is -4.60. The second-order valence-electron chi connectivity index (χ2n) is 5.95. The summed E-state index contributed by atoms with van der Waals surface area (Å²) in [5, 5.41) is 4.97. The highest BCUT2D eigenvalue weighted by atomic mass is 35.5. The number of furan rings is 1. The number of carbonyl (C=O) groups excluding carboxylic acids is 2. The van der Waals surface area contributed by atoms with E-state index in [1.807, 2.05) is 0 Å². The van der Waals surface area contributed by atoms with Crippen molar-refractivity contribution < 1.29 is 27.2 Å². The number of anilines is 1. The van der Waals surface area contributed by atoms with Crippen LogP contribution in [0.2, 0.25) is 5.02 Å². The first-order valence-corrected chi connectivity index (χ1v) is 8.70. The van der Waals surface area contributed by atoms with Crippen molar-refractivity contribution in [3.05, 3.63) is 88.8 Å². The first kappa shape index (κ1) is 20.5. The lowest BCUT2D eigenvalue weighted by molar-refractivity contribution is -0.137. The molecule has 29 heavy (non-hydrogen) atoms. The van der Waals surface area contributed by atoms with Crippen molar-refractivity contribution in [1.29, 1.82) is 0 Å². The first-order chi connectivity index (χ1) is 13.8. The van der Waals surface area contributed by atoms with E-state index in [0.717, 1.165) is 18.2 Å². The quantitative estimate of drug-likeness (QED) is 0.433. The molecular weight excluding hydrogens is 409 g/mol. The van der Waals surface area contributed by atoms with Crippen LogP contribution in [0.5, 0.6) is 0 Å². The average Bonchev–Trinajstić information content (AvgIpc) is 3.23. The summed E-state index contributed by atoms with van der Waals surface area (Å²) in [5.41, 5.74) is -0.865. The second-order valence-corrected chi connectivity index (χ2v) is 6.36. The maximum atomic E-state index is 13.0. The van der Waals surface area contributed by atoms with Gasteiger partial charge in [0, 0.05) is 5.56 Å². The number of hydrogen-bond acceptors (Lipinski definition) is 4. The number of Topliss-reactive ketones (excluding diaryl/α,β-unsaturated/α-hetero) is 1. The Bertz CT molecular complexity index is 1010. The molecule has 2 N–H and O–H groups in total. The van der Waals surface area contributed by atoms with Crippen molar-refractivity contribution in [2.45, 2.75) is 12.3 Å². The molecule has 150 valence electrons. The molecule has 3 rings (SSSR count). The van der Waals surface area contributed by atoms with Gasteiger partial charge in [-0.05, 0) is 30.3 Å². The number of rotatable bonds is 6. The van der Waals surface area contributed by atoms with Gasteiger partial charge in [0.05, 0.1) is 22.5 Å². The molecule has 1 amide bonds. The van der Waals surface area contributed by atoms with Crippen molar-refractivity contribution in [1.82, 2.24) is 5.32 Å². The molecular formula is C20H14ClF3N2O3. The van der Waals surface area contributed by atoms with Crippen molar-refractivity contribution >= 4 is 29.0 Å². The fraction of sp³-hybridized carbons (Fsp3) is 0.100. The van der Waals surface area contributed by atoms with E-state index >= 15 is 0 Å².